The van der Waals surface area contributed by atoms with Crippen LogP contribution in [0.5, 0.6) is 0 Å². The molecule has 2 aromatic rings. The highest BCUT2D eigenvalue weighted by Gasteiger charge is 2.47. The summed E-state index contributed by atoms with van der Waals surface area (Å²) in [6.45, 7) is 0.218. The Hall–Kier alpha value is -2.61. The lowest BCUT2D eigenvalue weighted by Gasteiger charge is -2.23. The molecule has 2 heterocycles. The van der Waals surface area contributed by atoms with E-state index in [1.807, 2.05) is 0 Å². The predicted molar refractivity (Wildman–Crippen MR) is 97.1 cm³/mol. The molecule has 8 heteroatoms. The molecule has 1 unspecified atom stereocenters. The Labute approximate surface area is 160 Å². The number of ketones is 1. The molecule has 1 aromatic carbocycles. The molecule has 0 saturated carbocycles. The summed E-state index contributed by atoms with van der Waals surface area (Å²) in [6, 6.07) is 8.69. The molecule has 0 spiro atoms. The van der Waals surface area contributed by atoms with Gasteiger partial charge in [-0.15, -0.1) is 0 Å². The predicted octanol–water partition coefficient (Wildman–Crippen LogP) is 2.36. The van der Waals surface area contributed by atoms with Crippen LogP contribution in [-0.2, 0) is 14.3 Å². The molecule has 1 aliphatic rings. The van der Waals surface area contributed by atoms with Crippen molar-refractivity contribution >= 4 is 29.1 Å². The van der Waals surface area contributed by atoms with E-state index in [1.165, 1.54) is 11.2 Å². The monoisotopic (exact) mass is 391 g/mol. The van der Waals surface area contributed by atoms with Crippen molar-refractivity contribution in [2.45, 2.75) is 6.04 Å². The molecule has 27 heavy (non-hydrogen) atoms. The molecule has 7 nitrogen and oxygen atoms in total. The van der Waals surface area contributed by atoms with Crippen molar-refractivity contribution in [1.82, 2.24) is 4.90 Å². The SMILES string of the molecule is O=C1C(=O)N(CCOCCO)C(c2ccco2)C1=C(O)c1ccc(Cl)cc1. The zero-order valence-corrected chi connectivity index (χ0v) is 15.1. The lowest BCUT2D eigenvalue weighted by Crippen LogP contribution is -2.33. The number of hydrogen-bond acceptors (Lipinski definition) is 6. The second-order valence-corrected chi connectivity index (χ2v) is 6.29. The van der Waals surface area contributed by atoms with Gasteiger partial charge in [-0.05, 0) is 36.4 Å². The maximum atomic E-state index is 12.6. The molecular formula is C19H18ClNO6. The molecule has 0 radical (unpaired) electrons. The average Bonchev–Trinajstić information content (AvgIpc) is 3.27. The molecule has 1 atom stereocenters. The first-order chi connectivity index (χ1) is 13.0. The first kappa shape index (κ1) is 19.2. The summed E-state index contributed by atoms with van der Waals surface area (Å²) in [6.07, 6.45) is 1.43. The van der Waals surface area contributed by atoms with Gasteiger partial charge in [0.2, 0.25) is 0 Å². The highest BCUT2D eigenvalue weighted by Crippen LogP contribution is 2.39. The maximum absolute atomic E-state index is 12.6. The molecule has 1 saturated heterocycles. The lowest BCUT2D eigenvalue weighted by atomic mass is 9.99. The number of halogens is 1. The van der Waals surface area contributed by atoms with Crippen LogP contribution >= 0.6 is 11.6 Å². The smallest absolute Gasteiger partial charge is 0.295 e. The van der Waals surface area contributed by atoms with Gasteiger partial charge in [-0.1, -0.05) is 11.6 Å². The zero-order chi connectivity index (χ0) is 19.4. The number of carbonyl (C=O) groups excluding carboxylic acids is 2. The van der Waals surface area contributed by atoms with E-state index in [-0.39, 0.29) is 37.7 Å². The van der Waals surface area contributed by atoms with Gasteiger partial charge < -0.3 is 24.3 Å². The summed E-state index contributed by atoms with van der Waals surface area (Å²) in [5.41, 5.74) is 0.310. The van der Waals surface area contributed by atoms with Crippen LogP contribution in [0.15, 0.2) is 52.7 Å². The summed E-state index contributed by atoms with van der Waals surface area (Å²) in [5.74, 6) is -1.50. The van der Waals surface area contributed by atoms with Gasteiger partial charge in [-0.2, -0.15) is 0 Å². The van der Waals surface area contributed by atoms with Gasteiger partial charge in [-0.25, -0.2) is 0 Å². The fourth-order valence-electron chi connectivity index (χ4n) is 2.95. The Kier molecular flexibility index (Phi) is 5.95. The quantitative estimate of drug-likeness (QED) is 0.325. The Bertz CT molecular complexity index is 844. The van der Waals surface area contributed by atoms with Gasteiger partial charge >= 0.3 is 0 Å². The largest absolute Gasteiger partial charge is 0.507 e. The van der Waals surface area contributed by atoms with Crippen molar-refractivity contribution in [3.63, 3.8) is 0 Å². The lowest BCUT2D eigenvalue weighted by molar-refractivity contribution is -0.140. The number of rotatable bonds is 7. The van der Waals surface area contributed by atoms with Crippen molar-refractivity contribution in [3.8, 4) is 0 Å². The van der Waals surface area contributed by atoms with Crippen LogP contribution < -0.4 is 0 Å². The number of likely N-dealkylation sites (tertiary alicyclic amines) is 1. The van der Waals surface area contributed by atoms with E-state index >= 15 is 0 Å². The fourth-order valence-corrected chi connectivity index (χ4v) is 3.07. The van der Waals surface area contributed by atoms with Crippen LogP contribution in [0.25, 0.3) is 5.76 Å². The van der Waals surface area contributed by atoms with Gasteiger partial charge in [0.05, 0.1) is 31.7 Å². The third kappa shape index (κ3) is 3.90. The topological polar surface area (TPSA) is 100 Å². The summed E-state index contributed by atoms with van der Waals surface area (Å²) in [7, 11) is 0. The zero-order valence-electron chi connectivity index (χ0n) is 14.3. The fraction of sp³-hybridized carbons (Fsp3) is 0.263. The van der Waals surface area contributed by atoms with E-state index in [1.54, 1.807) is 36.4 Å². The van der Waals surface area contributed by atoms with Crippen LogP contribution in [0.3, 0.4) is 0 Å². The number of aliphatic hydroxyl groups is 2. The van der Waals surface area contributed by atoms with Crippen LogP contribution in [0.2, 0.25) is 5.02 Å². The Morgan fingerprint density at radius 2 is 1.93 bits per heavy atom. The van der Waals surface area contributed by atoms with Gasteiger partial charge in [0, 0.05) is 17.1 Å². The minimum atomic E-state index is -0.867. The van der Waals surface area contributed by atoms with E-state index in [0.717, 1.165) is 0 Å². The van der Waals surface area contributed by atoms with E-state index in [9.17, 15) is 14.7 Å². The second-order valence-electron chi connectivity index (χ2n) is 5.85. The van der Waals surface area contributed by atoms with Crippen molar-refractivity contribution in [1.29, 1.82) is 0 Å². The molecule has 1 aliphatic heterocycles. The standard InChI is InChI=1S/C19H18ClNO6/c20-13-5-3-12(4-6-13)17(23)15-16(14-2-1-9-27-14)21(19(25)18(15)24)7-10-26-11-8-22/h1-6,9,16,22-23H,7-8,10-11H2. The number of amides is 1. The third-order valence-electron chi connectivity index (χ3n) is 4.18. The van der Waals surface area contributed by atoms with E-state index in [0.29, 0.717) is 16.3 Å². The van der Waals surface area contributed by atoms with E-state index in [2.05, 4.69) is 0 Å². The Morgan fingerprint density at radius 1 is 1.19 bits per heavy atom. The number of benzene rings is 1. The summed E-state index contributed by atoms with van der Waals surface area (Å²) >= 11 is 5.87. The summed E-state index contributed by atoms with van der Waals surface area (Å²) in [5, 5.41) is 20.0. The van der Waals surface area contributed by atoms with E-state index < -0.39 is 17.7 Å². The number of hydrogen-bond donors (Lipinski definition) is 2. The van der Waals surface area contributed by atoms with Gasteiger partial charge in [0.25, 0.3) is 11.7 Å². The van der Waals surface area contributed by atoms with Crippen LogP contribution in [0.4, 0.5) is 0 Å². The van der Waals surface area contributed by atoms with Crippen LogP contribution in [0.1, 0.15) is 17.4 Å². The number of aliphatic hydroxyl groups excluding tert-OH is 2. The normalized spacial score (nSPS) is 19.0. The average molecular weight is 392 g/mol. The minimum Gasteiger partial charge on any atom is -0.507 e. The summed E-state index contributed by atoms with van der Waals surface area (Å²) < 4.78 is 10.6. The molecule has 1 amide bonds. The number of Topliss-reactive ketones (excluding diaryl/α,β-unsaturated/α-hetero) is 1. The molecule has 2 N–H and O–H groups in total. The van der Waals surface area contributed by atoms with Crippen molar-refractivity contribution in [2.75, 3.05) is 26.4 Å². The van der Waals surface area contributed by atoms with Crippen LogP contribution in [0, 0.1) is 0 Å². The molecule has 0 aliphatic carbocycles. The van der Waals surface area contributed by atoms with Crippen molar-refractivity contribution in [3.05, 3.63) is 64.6 Å². The van der Waals surface area contributed by atoms with Crippen molar-refractivity contribution in [2.24, 2.45) is 0 Å². The molecule has 1 aromatic heterocycles. The molecule has 3 rings (SSSR count). The first-order valence-electron chi connectivity index (χ1n) is 8.31. The number of carbonyl (C=O) groups is 2. The molecule has 1 fully saturated rings. The molecule has 0 bridgehead atoms. The number of ether oxygens (including phenoxy) is 1. The molecular weight excluding hydrogens is 374 g/mol. The highest BCUT2D eigenvalue weighted by atomic mass is 35.5. The number of furan rings is 1. The highest BCUT2D eigenvalue weighted by molar-refractivity contribution is 6.46. The van der Waals surface area contributed by atoms with Gasteiger partial charge in [-0.3, -0.25) is 9.59 Å². The molecule has 142 valence electrons. The Balaban J connectivity index is 2.00. The Morgan fingerprint density at radius 3 is 2.56 bits per heavy atom. The van der Waals surface area contributed by atoms with Crippen molar-refractivity contribution < 1.29 is 29.0 Å². The maximum Gasteiger partial charge on any atom is 0.295 e. The van der Waals surface area contributed by atoms with Gasteiger partial charge in [0.15, 0.2) is 0 Å². The number of nitrogens with zero attached hydrogens (tertiary/aromatic N) is 1. The van der Waals surface area contributed by atoms with E-state index in [4.69, 9.17) is 25.9 Å². The minimum absolute atomic E-state index is 0.0561. The van der Waals surface area contributed by atoms with Gasteiger partial charge in [0.1, 0.15) is 17.6 Å². The summed E-state index contributed by atoms with van der Waals surface area (Å²) in [4.78, 5) is 26.5. The second kappa shape index (κ2) is 8.39. The third-order valence-corrected chi connectivity index (χ3v) is 4.43. The van der Waals surface area contributed by atoms with Crippen LogP contribution in [-0.4, -0.2) is 53.2 Å². The first-order valence-corrected chi connectivity index (χ1v) is 8.68.